The highest BCUT2D eigenvalue weighted by molar-refractivity contribution is 5.81. The lowest BCUT2D eigenvalue weighted by Gasteiger charge is -2.07. The molecular weight excluding hydrogens is 251 g/mol. The fraction of sp³-hybridized carbons (Fsp3) is 0.176. The molecule has 0 bridgehead atoms. The third kappa shape index (κ3) is 2.58. The van der Waals surface area contributed by atoms with Crippen LogP contribution in [0.2, 0.25) is 0 Å². The second-order valence-electron chi connectivity index (χ2n) is 5.01. The molecule has 0 saturated carbocycles. The quantitative estimate of drug-likeness (QED) is 0.773. The third-order valence-corrected chi connectivity index (χ3v) is 3.51. The lowest BCUT2D eigenvalue weighted by Crippen LogP contribution is -2.03. The Morgan fingerprint density at radius 1 is 1.00 bits per heavy atom. The highest BCUT2D eigenvalue weighted by Crippen LogP contribution is 2.19. The average Bonchev–Trinajstić information content (AvgIpc) is 2.82. The van der Waals surface area contributed by atoms with Gasteiger partial charge in [-0.1, -0.05) is 24.3 Å². The van der Waals surface area contributed by atoms with Crippen molar-refractivity contribution >= 4 is 10.9 Å². The summed E-state index contributed by atoms with van der Waals surface area (Å²) < 4.78 is 15.4. The maximum Gasteiger partial charge on any atom is 0.123 e. The van der Waals surface area contributed by atoms with Gasteiger partial charge in [-0.3, -0.25) is 0 Å². The first kappa shape index (κ1) is 12.9. The van der Waals surface area contributed by atoms with Crippen LogP contribution in [0.1, 0.15) is 11.1 Å². The van der Waals surface area contributed by atoms with E-state index in [1.165, 1.54) is 22.5 Å². The van der Waals surface area contributed by atoms with Gasteiger partial charge in [-0.05, 0) is 53.7 Å². The Balaban J connectivity index is 1.96. The molecule has 0 amide bonds. The molecule has 0 saturated heterocycles. The predicted molar refractivity (Wildman–Crippen MR) is 80.2 cm³/mol. The zero-order valence-corrected chi connectivity index (χ0v) is 11.2. The molecule has 3 aromatic rings. The minimum absolute atomic E-state index is 0.192. The molecule has 0 radical (unpaired) electrons. The number of benzene rings is 2. The molecule has 2 N–H and O–H groups in total. The van der Waals surface area contributed by atoms with Gasteiger partial charge in [-0.15, -0.1) is 0 Å². The first-order valence-corrected chi connectivity index (χ1v) is 6.78. The SMILES string of the molecule is NCCc1ccc2ccn(Cc3cccc(F)c3)c2c1. The van der Waals surface area contributed by atoms with Crippen molar-refractivity contribution in [3.8, 4) is 0 Å². The Labute approximate surface area is 117 Å². The zero-order valence-electron chi connectivity index (χ0n) is 11.2. The molecule has 2 nitrogen and oxygen atoms in total. The van der Waals surface area contributed by atoms with E-state index in [9.17, 15) is 4.39 Å². The molecule has 3 heteroatoms. The van der Waals surface area contributed by atoms with Crippen LogP contribution in [0.25, 0.3) is 10.9 Å². The van der Waals surface area contributed by atoms with Gasteiger partial charge in [0.1, 0.15) is 5.82 Å². The van der Waals surface area contributed by atoms with Crippen molar-refractivity contribution < 1.29 is 4.39 Å². The largest absolute Gasteiger partial charge is 0.343 e. The van der Waals surface area contributed by atoms with Crippen molar-refractivity contribution in [3.05, 3.63) is 71.7 Å². The summed E-state index contributed by atoms with van der Waals surface area (Å²) in [6.45, 7) is 1.32. The van der Waals surface area contributed by atoms with Gasteiger partial charge in [-0.2, -0.15) is 0 Å². The van der Waals surface area contributed by atoms with Crippen molar-refractivity contribution in [1.29, 1.82) is 0 Å². The molecule has 0 atom stereocenters. The molecule has 0 aliphatic rings. The summed E-state index contributed by atoms with van der Waals surface area (Å²) >= 11 is 0. The van der Waals surface area contributed by atoms with E-state index in [-0.39, 0.29) is 5.82 Å². The minimum atomic E-state index is -0.192. The first-order valence-electron chi connectivity index (χ1n) is 6.78. The summed E-state index contributed by atoms with van der Waals surface area (Å²) in [5.41, 5.74) is 8.98. The second kappa shape index (κ2) is 5.47. The normalized spacial score (nSPS) is 11.1. The number of hydrogen-bond donors (Lipinski definition) is 1. The Hall–Kier alpha value is -2.13. The molecule has 1 heterocycles. The van der Waals surface area contributed by atoms with E-state index in [1.54, 1.807) is 12.1 Å². The van der Waals surface area contributed by atoms with Gasteiger partial charge in [0.25, 0.3) is 0 Å². The third-order valence-electron chi connectivity index (χ3n) is 3.51. The maximum absolute atomic E-state index is 13.3. The number of nitrogens with two attached hydrogens (primary N) is 1. The van der Waals surface area contributed by atoms with Gasteiger partial charge in [-0.25, -0.2) is 4.39 Å². The number of halogens is 1. The topological polar surface area (TPSA) is 30.9 Å². The Kier molecular flexibility index (Phi) is 3.52. The lowest BCUT2D eigenvalue weighted by molar-refractivity contribution is 0.624. The Morgan fingerprint density at radius 2 is 1.90 bits per heavy atom. The Bertz CT molecular complexity index is 731. The molecule has 2 aromatic carbocycles. The van der Waals surface area contributed by atoms with Crippen LogP contribution in [0.3, 0.4) is 0 Å². The molecule has 1 aromatic heterocycles. The van der Waals surface area contributed by atoms with E-state index < -0.39 is 0 Å². The maximum atomic E-state index is 13.3. The molecule has 0 aliphatic heterocycles. The predicted octanol–water partition coefficient (Wildman–Crippen LogP) is 3.33. The van der Waals surface area contributed by atoms with Crippen molar-refractivity contribution in [3.63, 3.8) is 0 Å². The number of aromatic nitrogens is 1. The molecule has 0 unspecified atom stereocenters. The van der Waals surface area contributed by atoms with Gasteiger partial charge in [0.05, 0.1) is 0 Å². The van der Waals surface area contributed by atoms with Crippen molar-refractivity contribution in [2.24, 2.45) is 5.73 Å². The fourth-order valence-corrected chi connectivity index (χ4v) is 2.52. The van der Waals surface area contributed by atoms with Crippen molar-refractivity contribution in [1.82, 2.24) is 4.57 Å². The lowest BCUT2D eigenvalue weighted by atomic mass is 10.1. The summed E-state index contributed by atoms with van der Waals surface area (Å²) in [6.07, 6.45) is 2.92. The van der Waals surface area contributed by atoms with Crippen LogP contribution in [-0.4, -0.2) is 11.1 Å². The average molecular weight is 268 g/mol. The number of hydrogen-bond acceptors (Lipinski definition) is 1. The highest BCUT2D eigenvalue weighted by Gasteiger charge is 2.04. The van der Waals surface area contributed by atoms with Crippen LogP contribution < -0.4 is 5.73 Å². The number of nitrogens with zero attached hydrogens (tertiary/aromatic N) is 1. The van der Waals surface area contributed by atoms with Gasteiger partial charge < -0.3 is 10.3 Å². The second-order valence-corrected chi connectivity index (χ2v) is 5.01. The van der Waals surface area contributed by atoms with Crippen LogP contribution in [0.5, 0.6) is 0 Å². The molecule has 0 aliphatic carbocycles. The number of rotatable bonds is 4. The van der Waals surface area contributed by atoms with Gasteiger partial charge >= 0.3 is 0 Å². The molecule has 3 rings (SSSR count). The monoisotopic (exact) mass is 268 g/mol. The summed E-state index contributed by atoms with van der Waals surface area (Å²) in [4.78, 5) is 0. The van der Waals surface area contributed by atoms with Crippen LogP contribution in [0.4, 0.5) is 4.39 Å². The first-order chi connectivity index (χ1) is 9.76. The number of fused-ring (bicyclic) bond motifs is 1. The molecule has 20 heavy (non-hydrogen) atoms. The van der Waals surface area contributed by atoms with E-state index in [1.807, 2.05) is 12.3 Å². The highest BCUT2D eigenvalue weighted by atomic mass is 19.1. The molecule has 102 valence electrons. The molecule has 0 fully saturated rings. The van der Waals surface area contributed by atoms with E-state index in [2.05, 4.69) is 28.8 Å². The van der Waals surface area contributed by atoms with Crippen LogP contribution in [0.15, 0.2) is 54.7 Å². The van der Waals surface area contributed by atoms with Gasteiger partial charge in [0.2, 0.25) is 0 Å². The van der Waals surface area contributed by atoms with Gasteiger partial charge in [0, 0.05) is 18.3 Å². The standard InChI is InChI=1S/C17H17FN2/c18-16-3-1-2-14(10-16)12-20-9-7-15-5-4-13(6-8-19)11-17(15)20/h1-5,7,9-11H,6,8,12,19H2. The van der Waals surface area contributed by atoms with E-state index in [0.29, 0.717) is 13.1 Å². The summed E-state index contributed by atoms with van der Waals surface area (Å²) in [5.74, 6) is -0.192. The van der Waals surface area contributed by atoms with Crippen LogP contribution >= 0.6 is 0 Å². The fourth-order valence-electron chi connectivity index (χ4n) is 2.52. The van der Waals surface area contributed by atoms with E-state index in [0.717, 1.165) is 12.0 Å². The smallest absolute Gasteiger partial charge is 0.123 e. The van der Waals surface area contributed by atoms with Crippen LogP contribution in [0, 0.1) is 5.82 Å². The summed E-state index contributed by atoms with van der Waals surface area (Å²) in [5, 5.41) is 1.20. The zero-order chi connectivity index (χ0) is 13.9. The van der Waals surface area contributed by atoms with Gasteiger partial charge in [0.15, 0.2) is 0 Å². The Morgan fingerprint density at radius 3 is 2.70 bits per heavy atom. The van der Waals surface area contributed by atoms with Crippen molar-refractivity contribution in [2.45, 2.75) is 13.0 Å². The summed E-state index contributed by atoms with van der Waals surface area (Å²) in [6, 6.07) is 15.2. The van der Waals surface area contributed by atoms with Crippen molar-refractivity contribution in [2.75, 3.05) is 6.54 Å². The minimum Gasteiger partial charge on any atom is -0.343 e. The summed E-state index contributed by atoms with van der Waals surface area (Å²) in [7, 11) is 0. The van der Waals surface area contributed by atoms with E-state index >= 15 is 0 Å². The van der Waals surface area contributed by atoms with E-state index in [4.69, 9.17) is 5.73 Å². The molecule has 0 spiro atoms. The van der Waals surface area contributed by atoms with Crippen LogP contribution in [-0.2, 0) is 13.0 Å². The molecular formula is C17H17FN2.